The van der Waals surface area contributed by atoms with Gasteiger partial charge in [0, 0.05) is 5.57 Å². The van der Waals surface area contributed by atoms with Gasteiger partial charge in [0.05, 0.1) is 0 Å². The molecule has 0 saturated heterocycles. The van der Waals surface area contributed by atoms with Gasteiger partial charge in [0.15, 0.2) is 11.9 Å². The minimum atomic E-state index is -1.22. The van der Waals surface area contributed by atoms with Gasteiger partial charge < -0.3 is 0 Å². The number of rotatable bonds is 0. The highest BCUT2D eigenvalue weighted by Gasteiger charge is 2.37. The molecule has 0 heterocycles. The lowest BCUT2D eigenvalue weighted by molar-refractivity contribution is -0.126. The summed E-state index contributed by atoms with van der Waals surface area (Å²) in [7, 11) is 0. The first-order chi connectivity index (χ1) is 7.05. The van der Waals surface area contributed by atoms with E-state index in [4.69, 9.17) is 0 Å². The number of hydrogen-bond acceptors (Lipinski definition) is 1. The molecule has 89 valence electrons. The topological polar surface area (TPSA) is 37.0 Å². The molecule has 0 N–H and O–H groups in total. The fourth-order valence-corrected chi connectivity index (χ4v) is 1.89. The first-order valence-electron chi connectivity index (χ1n) is 5.68. The average molecular weight is 221 g/mol. The van der Waals surface area contributed by atoms with Crippen LogP contribution in [-0.2, 0) is 9.90 Å². The first kappa shape index (κ1) is 13.2. The molecule has 1 unspecified atom stereocenters. The van der Waals surface area contributed by atoms with Gasteiger partial charge in [0.1, 0.15) is 0 Å². The molecule has 0 fully saturated rings. The largest absolute Gasteiger partial charge is 0.291 e. The van der Waals surface area contributed by atoms with Gasteiger partial charge in [-0.05, 0) is 16.4 Å². The molecule has 1 rings (SSSR count). The van der Waals surface area contributed by atoms with Gasteiger partial charge in [0.25, 0.3) is 0 Å². The van der Waals surface area contributed by atoms with E-state index in [-0.39, 0.29) is 16.6 Å². The van der Waals surface area contributed by atoms with Gasteiger partial charge in [-0.1, -0.05) is 53.7 Å². The van der Waals surface area contributed by atoms with Crippen molar-refractivity contribution in [2.24, 2.45) is 10.8 Å². The smallest absolute Gasteiger partial charge is 0.195 e. The van der Waals surface area contributed by atoms with Crippen molar-refractivity contribution in [3.05, 3.63) is 23.3 Å². The number of carbonyl (C=O) groups is 1. The van der Waals surface area contributed by atoms with Crippen LogP contribution in [0.15, 0.2) is 23.3 Å². The van der Waals surface area contributed by atoms with Crippen molar-refractivity contribution >= 4 is 5.78 Å². The summed E-state index contributed by atoms with van der Waals surface area (Å²) in [5.74, 6) is -0.264. The van der Waals surface area contributed by atoms with Crippen LogP contribution in [0, 0.1) is 10.8 Å². The summed E-state index contributed by atoms with van der Waals surface area (Å²) in [6, 6.07) is 0. The van der Waals surface area contributed by atoms with E-state index in [0.717, 1.165) is 0 Å². The third kappa shape index (κ3) is 2.43. The fraction of sp³-hybridized carbons (Fsp3) is 0.643. The summed E-state index contributed by atoms with van der Waals surface area (Å²) in [4.78, 5) is 12.0. The van der Waals surface area contributed by atoms with E-state index >= 15 is 0 Å². The second-order valence-corrected chi connectivity index (χ2v) is 6.45. The highest BCUT2D eigenvalue weighted by atomic mass is 16.3. The Balaban J connectivity index is 3.20. The third-order valence-corrected chi connectivity index (χ3v) is 2.89. The molecule has 0 aromatic rings. The van der Waals surface area contributed by atoms with Crippen LogP contribution in [0.1, 0.15) is 41.5 Å². The molecule has 2 nitrogen and oxygen atoms in total. The minimum Gasteiger partial charge on any atom is -0.291 e. The molecule has 0 aromatic carbocycles. The van der Waals surface area contributed by atoms with Gasteiger partial charge in [-0.2, -0.15) is 0 Å². The van der Waals surface area contributed by atoms with Crippen molar-refractivity contribution in [2.45, 2.75) is 47.6 Å². The van der Waals surface area contributed by atoms with Crippen LogP contribution in [-0.4, -0.2) is 11.9 Å². The van der Waals surface area contributed by atoms with Crippen LogP contribution in [0.25, 0.3) is 0 Å². The van der Waals surface area contributed by atoms with E-state index in [1.165, 1.54) is 0 Å². The summed E-state index contributed by atoms with van der Waals surface area (Å²) in [5, 5.41) is 12.1. The Bertz CT molecular complexity index is 359. The highest BCUT2D eigenvalue weighted by molar-refractivity contribution is 6.03. The van der Waals surface area contributed by atoms with Gasteiger partial charge in [-0.3, -0.25) is 4.79 Å². The zero-order valence-electron chi connectivity index (χ0n) is 11.0. The summed E-state index contributed by atoms with van der Waals surface area (Å²) in [5.41, 5.74) is 0.841. The summed E-state index contributed by atoms with van der Waals surface area (Å²) >= 11 is 0. The molecule has 1 aliphatic carbocycles. The number of allylic oxidation sites excluding steroid dienone is 2. The predicted octanol–water partition coefficient (Wildman–Crippen LogP) is 3.31. The van der Waals surface area contributed by atoms with Crippen LogP contribution >= 0.6 is 0 Å². The zero-order valence-corrected chi connectivity index (χ0v) is 11.0. The molecular formula is C14H21O2. The lowest BCUT2D eigenvalue weighted by Crippen LogP contribution is -2.35. The lowest BCUT2D eigenvalue weighted by Gasteiger charge is -2.31. The molecule has 0 aromatic heterocycles. The molecule has 0 saturated carbocycles. The molecule has 2 heteroatoms. The quantitative estimate of drug-likeness (QED) is 0.618. The van der Waals surface area contributed by atoms with Crippen LogP contribution in [0.2, 0.25) is 0 Å². The number of hydrogen-bond donors (Lipinski definition) is 0. The van der Waals surface area contributed by atoms with Gasteiger partial charge in [0.2, 0.25) is 0 Å². The van der Waals surface area contributed by atoms with E-state index in [1.54, 1.807) is 0 Å². The summed E-state index contributed by atoms with van der Waals surface area (Å²) in [6.45, 7) is 11.8. The second-order valence-electron chi connectivity index (χ2n) is 6.45. The van der Waals surface area contributed by atoms with Gasteiger partial charge in [-0.15, -0.1) is 0 Å². The predicted molar refractivity (Wildman–Crippen MR) is 64.6 cm³/mol. The Morgan fingerprint density at radius 2 is 1.44 bits per heavy atom. The Morgan fingerprint density at radius 3 is 1.81 bits per heavy atom. The fourth-order valence-electron chi connectivity index (χ4n) is 1.89. The Labute approximate surface area is 98.1 Å². The van der Waals surface area contributed by atoms with Crippen molar-refractivity contribution in [1.82, 2.24) is 0 Å². The van der Waals surface area contributed by atoms with E-state index in [1.807, 2.05) is 53.7 Å². The van der Waals surface area contributed by atoms with Crippen LogP contribution in [0.5, 0.6) is 0 Å². The number of Topliss-reactive ketones (excluding diaryl/α,β-unsaturated/α-hetero) is 1. The summed E-state index contributed by atoms with van der Waals surface area (Å²) < 4.78 is 0. The van der Waals surface area contributed by atoms with E-state index < -0.39 is 6.10 Å². The number of ketones is 1. The molecular weight excluding hydrogens is 200 g/mol. The lowest BCUT2D eigenvalue weighted by atomic mass is 9.73. The maximum Gasteiger partial charge on any atom is 0.195 e. The van der Waals surface area contributed by atoms with Crippen molar-refractivity contribution in [3.8, 4) is 0 Å². The van der Waals surface area contributed by atoms with E-state index in [2.05, 4.69) is 0 Å². The maximum absolute atomic E-state index is 12.1. The second kappa shape index (κ2) is 3.85. The number of carbonyl (C=O) groups excluding carboxylic acids is 1. The van der Waals surface area contributed by atoms with Crippen molar-refractivity contribution in [1.29, 1.82) is 0 Å². The monoisotopic (exact) mass is 221 g/mol. The zero-order chi connectivity index (χ0) is 12.7. The molecule has 1 atom stereocenters. The van der Waals surface area contributed by atoms with Crippen molar-refractivity contribution in [2.75, 3.05) is 0 Å². The van der Waals surface area contributed by atoms with Gasteiger partial charge >= 0.3 is 0 Å². The Kier molecular flexibility index (Phi) is 3.17. The van der Waals surface area contributed by atoms with Gasteiger partial charge in [-0.25, -0.2) is 5.11 Å². The molecule has 1 aliphatic rings. The molecule has 0 aliphatic heterocycles. The molecule has 0 bridgehead atoms. The third-order valence-electron chi connectivity index (χ3n) is 2.89. The highest BCUT2D eigenvalue weighted by Crippen LogP contribution is 2.36. The van der Waals surface area contributed by atoms with Crippen LogP contribution < -0.4 is 0 Å². The van der Waals surface area contributed by atoms with Crippen molar-refractivity contribution in [3.63, 3.8) is 0 Å². The normalized spacial score (nSPS) is 22.9. The van der Waals surface area contributed by atoms with E-state index in [0.29, 0.717) is 11.1 Å². The molecule has 16 heavy (non-hydrogen) atoms. The molecule has 1 radical (unpaired) electrons. The average Bonchev–Trinajstić information content (AvgIpc) is 2.05. The maximum atomic E-state index is 12.1. The van der Waals surface area contributed by atoms with Crippen LogP contribution in [0.4, 0.5) is 0 Å². The van der Waals surface area contributed by atoms with Crippen LogP contribution in [0.3, 0.4) is 0 Å². The minimum absolute atomic E-state index is 0.234. The standard InChI is InChI=1S/C14H21O2/c1-13(2,3)9-7-8-10(14(4,5)6)12(16)11(9)15/h7-8,11H,1-6H3. The first-order valence-corrected chi connectivity index (χ1v) is 5.68. The Morgan fingerprint density at radius 1 is 0.938 bits per heavy atom. The van der Waals surface area contributed by atoms with Crippen molar-refractivity contribution < 1.29 is 9.90 Å². The SMILES string of the molecule is CC(C)(C)C1=CC=C(C(C)(C)C)C([O])C1=O. The molecule has 0 spiro atoms. The molecule has 0 amide bonds. The summed E-state index contributed by atoms with van der Waals surface area (Å²) in [6.07, 6.45) is 2.43. The van der Waals surface area contributed by atoms with E-state index in [9.17, 15) is 9.90 Å². The Hall–Kier alpha value is -0.890.